The summed E-state index contributed by atoms with van der Waals surface area (Å²) in [6, 6.07) is 5.64. The van der Waals surface area contributed by atoms with Gasteiger partial charge in [0.05, 0.1) is 12.0 Å². The van der Waals surface area contributed by atoms with Gasteiger partial charge in [0.1, 0.15) is 17.4 Å². The average molecular weight is 297 g/mol. The van der Waals surface area contributed by atoms with Gasteiger partial charge in [-0.3, -0.25) is 0 Å². The van der Waals surface area contributed by atoms with Crippen LogP contribution in [0.3, 0.4) is 0 Å². The standard InChI is InChI=1S/C15H17F2NOS/c1-3-18-13(15-14(19-2)7-8-20-15)9-10-11(16)5-4-6-12(10)17/h4-8,13,18H,3,9H2,1-2H3. The summed E-state index contributed by atoms with van der Waals surface area (Å²) >= 11 is 1.52. The van der Waals surface area contributed by atoms with E-state index in [0.717, 1.165) is 10.6 Å². The van der Waals surface area contributed by atoms with E-state index < -0.39 is 11.6 Å². The fourth-order valence-corrected chi connectivity index (χ4v) is 3.10. The summed E-state index contributed by atoms with van der Waals surface area (Å²) in [7, 11) is 1.60. The molecule has 0 aliphatic heterocycles. The van der Waals surface area contributed by atoms with Crippen molar-refractivity contribution in [2.45, 2.75) is 19.4 Å². The Labute approximate surface area is 121 Å². The van der Waals surface area contributed by atoms with E-state index in [4.69, 9.17) is 4.74 Å². The van der Waals surface area contributed by atoms with Gasteiger partial charge < -0.3 is 10.1 Å². The molecule has 1 heterocycles. The normalized spacial score (nSPS) is 12.4. The maximum Gasteiger partial charge on any atom is 0.134 e. The smallest absolute Gasteiger partial charge is 0.134 e. The predicted octanol–water partition coefficient (Wildman–Crippen LogP) is 3.93. The number of halogens is 2. The summed E-state index contributed by atoms with van der Waals surface area (Å²) in [6.07, 6.45) is 0.253. The molecule has 0 bridgehead atoms. The first-order valence-electron chi connectivity index (χ1n) is 6.45. The zero-order chi connectivity index (χ0) is 14.5. The second-order valence-corrected chi connectivity index (χ2v) is 5.32. The lowest BCUT2D eigenvalue weighted by molar-refractivity contribution is 0.402. The Morgan fingerprint density at radius 3 is 2.55 bits per heavy atom. The molecule has 0 spiro atoms. The summed E-state index contributed by atoms with van der Waals surface area (Å²) < 4.78 is 32.9. The summed E-state index contributed by atoms with van der Waals surface area (Å²) in [4.78, 5) is 0.956. The van der Waals surface area contributed by atoms with Crippen LogP contribution in [0.4, 0.5) is 8.78 Å². The first kappa shape index (κ1) is 14.9. The van der Waals surface area contributed by atoms with Crippen molar-refractivity contribution in [1.82, 2.24) is 5.32 Å². The van der Waals surface area contributed by atoms with Crippen molar-refractivity contribution in [2.24, 2.45) is 0 Å². The number of nitrogens with one attached hydrogen (secondary N) is 1. The number of ether oxygens (including phenoxy) is 1. The molecular formula is C15H17F2NOS. The van der Waals surface area contributed by atoms with Gasteiger partial charge in [-0.2, -0.15) is 0 Å². The molecule has 0 saturated carbocycles. The van der Waals surface area contributed by atoms with Crippen LogP contribution in [0.2, 0.25) is 0 Å². The molecule has 20 heavy (non-hydrogen) atoms. The third-order valence-electron chi connectivity index (χ3n) is 3.11. The number of benzene rings is 1. The molecule has 1 aromatic heterocycles. The lowest BCUT2D eigenvalue weighted by atomic mass is 10.0. The maximum atomic E-state index is 13.8. The van der Waals surface area contributed by atoms with Crippen LogP contribution in [-0.4, -0.2) is 13.7 Å². The van der Waals surface area contributed by atoms with Gasteiger partial charge in [0.15, 0.2) is 0 Å². The Balaban J connectivity index is 2.30. The molecule has 108 valence electrons. The molecule has 1 unspecified atom stereocenters. The third-order valence-corrected chi connectivity index (χ3v) is 4.13. The van der Waals surface area contributed by atoms with E-state index in [9.17, 15) is 8.78 Å². The SMILES string of the molecule is CCNC(Cc1c(F)cccc1F)c1sccc1OC. The molecule has 0 amide bonds. The van der Waals surface area contributed by atoms with Crippen LogP contribution in [0.15, 0.2) is 29.6 Å². The number of methoxy groups -OCH3 is 1. The molecule has 0 aliphatic rings. The van der Waals surface area contributed by atoms with Gasteiger partial charge in [0, 0.05) is 11.6 Å². The summed E-state index contributed by atoms with van der Waals surface area (Å²) in [5, 5.41) is 5.17. The van der Waals surface area contributed by atoms with E-state index in [-0.39, 0.29) is 18.0 Å². The van der Waals surface area contributed by atoms with E-state index in [0.29, 0.717) is 6.54 Å². The first-order chi connectivity index (χ1) is 9.67. The summed E-state index contributed by atoms with van der Waals surface area (Å²) in [5.41, 5.74) is 0.105. The van der Waals surface area contributed by atoms with Crippen LogP contribution in [0.25, 0.3) is 0 Å². The molecule has 1 aromatic carbocycles. The Morgan fingerprint density at radius 2 is 1.95 bits per heavy atom. The third kappa shape index (κ3) is 3.16. The molecule has 0 saturated heterocycles. The van der Waals surface area contributed by atoms with Crippen LogP contribution in [0.1, 0.15) is 23.4 Å². The van der Waals surface area contributed by atoms with Crippen molar-refractivity contribution < 1.29 is 13.5 Å². The topological polar surface area (TPSA) is 21.3 Å². The molecular weight excluding hydrogens is 280 g/mol. The number of hydrogen-bond donors (Lipinski definition) is 1. The quantitative estimate of drug-likeness (QED) is 0.872. The van der Waals surface area contributed by atoms with Crippen LogP contribution in [0, 0.1) is 11.6 Å². The van der Waals surface area contributed by atoms with Crippen molar-refractivity contribution in [2.75, 3.05) is 13.7 Å². The average Bonchev–Trinajstić information content (AvgIpc) is 2.90. The van der Waals surface area contributed by atoms with E-state index in [1.165, 1.54) is 29.5 Å². The molecule has 1 N–H and O–H groups in total. The minimum absolute atomic E-state index is 0.105. The Morgan fingerprint density at radius 1 is 1.25 bits per heavy atom. The van der Waals surface area contributed by atoms with Crippen LogP contribution in [0.5, 0.6) is 5.75 Å². The number of likely N-dealkylation sites (N-methyl/N-ethyl adjacent to an activating group) is 1. The fraction of sp³-hybridized carbons (Fsp3) is 0.333. The van der Waals surface area contributed by atoms with Gasteiger partial charge >= 0.3 is 0 Å². The zero-order valence-corrected chi connectivity index (χ0v) is 12.3. The van der Waals surface area contributed by atoms with Gasteiger partial charge in [-0.15, -0.1) is 11.3 Å². The van der Waals surface area contributed by atoms with Crippen molar-refractivity contribution in [3.8, 4) is 5.75 Å². The van der Waals surface area contributed by atoms with E-state index >= 15 is 0 Å². The molecule has 1 atom stereocenters. The minimum atomic E-state index is -0.511. The maximum absolute atomic E-state index is 13.8. The highest BCUT2D eigenvalue weighted by molar-refractivity contribution is 7.10. The fourth-order valence-electron chi connectivity index (χ4n) is 2.17. The van der Waals surface area contributed by atoms with Gasteiger partial charge in [-0.05, 0) is 36.5 Å². The second kappa shape index (κ2) is 6.81. The van der Waals surface area contributed by atoms with Gasteiger partial charge in [-0.25, -0.2) is 8.78 Å². The van der Waals surface area contributed by atoms with Crippen LogP contribution < -0.4 is 10.1 Å². The molecule has 0 aliphatic carbocycles. The van der Waals surface area contributed by atoms with Crippen LogP contribution in [-0.2, 0) is 6.42 Å². The van der Waals surface area contributed by atoms with Crippen molar-refractivity contribution in [3.63, 3.8) is 0 Å². The van der Waals surface area contributed by atoms with Crippen LogP contribution >= 0.6 is 11.3 Å². The highest BCUT2D eigenvalue weighted by atomic mass is 32.1. The number of rotatable bonds is 6. The van der Waals surface area contributed by atoms with Gasteiger partial charge in [-0.1, -0.05) is 13.0 Å². The van der Waals surface area contributed by atoms with Crippen molar-refractivity contribution in [3.05, 3.63) is 51.7 Å². The largest absolute Gasteiger partial charge is 0.496 e. The van der Waals surface area contributed by atoms with E-state index in [2.05, 4.69) is 5.32 Å². The lowest BCUT2D eigenvalue weighted by Gasteiger charge is -2.18. The molecule has 2 nitrogen and oxygen atoms in total. The Hall–Kier alpha value is -1.46. The molecule has 0 fully saturated rings. The zero-order valence-electron chi connectivity index (χ0n) is 11.5. The number of hydrogen-bond acceptors (Lipinski definition) is 3. The predicted molar refractivity (Wildman–Crippen MR) is 77.4 cm³/mol. The van der Waals surface area contributed by atoms with Crippen molar-refractivity contribution >= 4 is 11.3 Å². The Kier molecular flexibility index (Phi) is 5.09. The minimum Gasteiger partial charge on any atom is -0.496 e. The highest BCUT2D eigenvalue weighted by Gasteiger charge is 2.20. The van der Waals surface area contributed by atoms with E-state index in [1.54, 1.807) is 7.11 Å². The second-order valence-electron chi connectivity index (χ2n) is 4.37. The van der Waals surface area contributed by atoms with E-state index in [1.807, 2.05) is 18.4 Å². The summed E-state index contributed by atoms with van der Waals surface area (Å²) in [5.74, 6) is -0.274. The highest BCUT2D eigenvalue weighted by Crippen LogP contribution is 2.33. The first-order valence-corrected chi connectivity index (χ1v) is 7.33. The lowest BCUT2D eigenvalue weighted by Crippen LogP contribution is -2.23. The molecule has 2 aromatic rings. The van der Waals surface area contributed by atoms with Gasteiger partial charge in [0.2, 0.25) is 0 Å². The molecule has 5 heteroatoms. The number of thiophene rings is 1. The van der Waals surface area contributed by atoms with Gasteiger partial charge in [0.25, 0.3) is 0 Å². The van der Waals surface area contributed by atoms with Crippen molar-refractivity contribution in [1.29, 1.82) is 0 Å². The summed E-state index contributed by atoms with van der Waals surface area (Å²) in [6.45, 7) is 2.67. The monoisotopic (exact) mass is 297 g/mol. The molecule has 2 rings (SSSR count). The molecule has 0 radical (unpaired) electrons. The Bertz CT molecular complexity index is 551.